The summed E-state index contributed by atoms with van der Waals surface area (Å²) in [6, 6.07) is 0. The number of nitrogens with two attached hydrogens (primary N) is 1. The van der Waals surface area contributed by atoms with Gasteiger partial charge in [0.25, 0.3) is 0 Å². The first-order chi connectivity index (χ1) is 6.52. The second-order valence-electron chi connectivity index (χ2n) is 5.90. The molecule has 2 N–H and O–H groups in total. The van der Waals surface area contributed by atoms with Gasteiger partial charge in [0.15, 0.2) is 0 Å². The van der Waals surface area contributed by atoms with Gasteiger partial charge in [-0.3, -0.25) is 0 Å². The highest BCUT2D eigenvalue weighted by Gasteiger charge is 2.42. The first-order valence-corrected chi connectivity index (χ1v) is 5.92. The summed E-state index contributed by atoms with van der Waals surface area (Å²) in [5, 5.41) is 0. The van der Waals surface area contributed by atoms with E-state index in [1.165, 1.54) is 25.7 Å². The quantitative estimate of drug-likeness (QED) is 0.701. The highest BCUT2D eigenvalue weighted by atomic mass is 16.5. The van der Waals surface area contributed by atoms with Gasteiger partial charge in [-0.2, -0.15) is 0 Å². The second kappa shape index (κ2) is 3.49. The van der Waals surface area contributed by atoms with E-state index >= 15 is 0 Å². The number of hydrogen-bond donors (Lipinski definition) is 1. The maximum absolute atomic E-state index is 6.46. The van der Waals surface area contributed by atoms with Gasteiger partial charge in [0.2, 0.25) is 0 Å². The van der Waals surface area contributed by atoms with Crippen molar-refractivity contribution in [2.75, 3.05) is 6.61 Å². The fourth-order valence-electron chi connectivity index (χ4n) is 2.75. The van der Waals surface area contributed by atoms with Crippen molar-refractivity contribution in [1.29, 1.82) is 0 Å². The van der Waals surface area contributed by atoms with Crippen LogP contribution < -0.4 is 5.73 Å². The summed E-state index contributed by atoms with van der Waals surface area (Å²) >= 11 is 0. The zero-order chi connectivity index (χ0) is 10.2. The van der Waals surface area contributed by atoms with Gasteiger partial charge in [0.05, 0.1) is 6.10 Å². The van der Waals surface area contributed by atoms with Crippen LogP contribution in [0, 0.1) is 5.41 Å². The average molecular weight is 197 g/mol. The van der Waals surface area contributed by atoms with Crippen LogP contribution in [0.2, 0.25) is 0 Å². The third-order valence-corrected chi connectivity index (χ3v) is 4.11. The summed E-state index contributed by atoms with van der Waals surface area (Å²) < 4.78 is 5.74. The Kier molecular flexibility index (Phi) is 2.61. The minimum absolute atomic E-state index is 0.00792. The standard InChI is InChI=1S/C12H23NO/c1-11(2)5-7-12(13,8-6-11)10-4-3-9-14-10/h10H,3-9,13H2,1-2H3. The third-order valence-electron chi connectivity index (χ3n) is 4.11. The van der Waals surface area contributed by atoms with E-state index in [-0.39, 0.29) is 5.54 Å². The topological polar surface area (TPSA) is 35.2 Å². The monoisotopic (exact) mass is 197 g/mol. The minimum Gasteiger partial charge on any atom is -0.376 e. The molecule has 14 heavy (non-hydrogen) atoms. The van der Waals surface area contributed by atoms with E-state index in [4.69, 9.17) is 10.5 Å². The van der Waals surface area contributed by atoms with Crippen LogP contribution in [0.25, 0.3) is 0 Å². The number of hydrogen-bond acceptors (Lipinski definition) is 2. The molecule has 82 valence electrons. The molecule has 0 amide bonds. The van der Waals surface area contributed by atoms with Crippen LogP contribution in [0.1, 0.15) is 52.4 Å². The molecule has 1 saturated heterocycles. The molecule has 0 spiro atoms. The highest BCUT2D eigenvalue weighted by Crippen LogP contribution is 2.42. The molecule has 0 aromatic carbocycles. The molecule has 1 saturated carbocycles. The van der Waals surface area contributed by atoms with Crippen molar-refractivity contribution >= 4 is 0 Å². The van der Waals surface area contributed by atoms with Gasteiger partial charge < -0.3 is 10.5 Å². The lowest BCUT2D eigenvalue weighted by atomic mass is 9.67. The van der Waals surface area contributed by atoms with Crippen LogP contribution in [0.3, 0.4) is 0 Å². The van der Waals surface area contributed by atoms with E-state index in [9.17, 15) is 0 Å². The van der Waals surface area contributed by atoms with Crippen molar-refractivity contribution < 1.29 is 4.74 Å². The molecule has 0 aromatic heterocycles. The molecule has 2 aliphatic rings. The SMILES string of the molecule is CC1(C)CCC(N)(C2CCCO2)CC1. The molecule has 2 rings (SSSR count). The molecule has 0 bridgehead atoms. The Morgan fingerprint density at radius 1 is 1.14 bits per heavy atom. The predicted octanol–water partition coefficient (Wildman–Crippen LogP) is 2.46. The molecule has 2 heteroatoms. The molecule has 1 heterocycles. The Hall–Kier alpha value is -0.0800. The van der Waals surface area contributed by atoms with Crippen LogP contribution in [0.5, 0.6) is 0 Å². The zero-order valence-electron chi connectivity index (χ0n) is 9.51. The van der Waals surface area contributed by atoms with Gasteiger partial charge in [-0.25, -0.2) is 0 Å². The number of ether oxygens (including phenoxy) is 1. The van der Waals surface area contributed by atoms with E-state index in [0.717, 1.165) is 19.4 Å². The van der Waals surface area contributed by atoms with Gasteiger partial charge in [-0.05, 0) is 43.9 Å². The van der Waals surface area contributed by atoms with Crippen molar-refractivity contribution in [3.63, 3.8) is 0 Å². The summed E-state index contributed by atoms with van der Waals surface area (Å²) in [4.78, 5) is 0. The van der Waals surface area contributed by atoms with Gasteiger partial charge >= 0.3 is 0 Å². The summed E-state index contributed by atoms with van der Waals surface area (Å²) in [7, 11) is 0. The predicted molar refractivity (Wildman–Crippen MR) is 58.1 cm³/mol. The Morgan fingerprint density at radius 2 is 1.79 bits per heavy atom. The van der Waals surface area contributed by atoms with Crippen molar-refractivity contribution in [3.8, 4) is 0 Å². The Bertz CT molecular complexity index is 196. The van der Waals surface area contributed by atoms with E-state index in [1.54, 1.807) is 0 Å². The average Bonchev–Trinajstić information content (AvgIpc) is 2.64. The van der Waals surface area contributed by atoms with E-state index < -0.39 is 0 Å². The molecular formula is C12H23NO. The minimum atomic E-state index is -0.00792. The van der Waals surface area contributed by atoms with E-state index in [0.29, 0.717) is 11.5 Å². The highest BCUT2D eigenvalue weighted by molar-refractivity contribution is 4.99. The van der Waals surface area contributed by atoms with E-state index in [1.807, 2.05) is 0 Å². The largest absolute Gasteiger partial charge is 0.376 e. The smallest absolute Gasteiger partial charge is 0.0755 e. The van der Waals surface area contributed by atoms with Crippen LogP contribution in [-0.2, 0) is 4.74 Å². The first kappa shape index (κ1) is 10.4. The summed E-state index contributed by atoms with van der Waals surface area (Å²) in [5.41, 5.74) is 6.95. The van der Waals surface area contributed by atoms with Crippen LogP contribution in [0.15, 0.2) is 0 Å². The lowest BCUT2D eigenvalue weighted by molar-refractivity contribution is 0.0102. The van der Waals surface area contributed by atoms with E-state index in [2.05, 4.69) is 13.8 Å². The molecular weight excluding hydrogens is 174 g/mol. The fourth-order valence-corrected chi connectivity index (χ4v) is 2.75. The maximum Gasteiger partial charge on any atom is 0.0755 e. The molecule has 1 aliphatic heterocycles. The molecule has 2 fully saturated rings. The molecule has 0 radical (unpaired) electrons. The normalized spacial score (nSPS) is 35.8. The maximum atomic E-state index is 6.46. The Morgan fingerprint density at radius 3 is 2.29 bits per heavy atom. The number of rotatable bonds is 1. The van der Waals surface area contributed by atoms with Gasteiger partial charge in [-0.1, -0.05) is 13.8 Å². The van der Waals surface area contributed by atoms with Crippen LogP contribution in [0.4, 0.5) is 0 Å². The molecule has 0 aromatic rings. The first-order valence-electron chi connectivity index (χ1n) is 5.92. The van der Waals surface area contributed by atoms with Gasteiger partial charge in [0.1, 0.15) is 0 Å². The van der Waals surface area contributed by atoms with Crippen molar-refractivity contribution in [3.05, 3.63) is 0 Å². The van der Waals surface area contributed by atoms with Crippen molar-refractivity contribution in [2.45, 2.75) is 64.0 Å². The Balaban J connectivity index is 1.97. The molecule has 2 nitrogen and oxygen atoms in total. The Labute approximate surface area is 87.2 Å². The molecule has 1 aliphatic carbocycles. The summed E-state index contributed by atoms with van der Waals surface area (Å²) in [6.07, 6.45) is 7.52. The van der Waals surface area contributed by atoms with Crippen molar-refractivity contribution in [2.24, 2.45) is 11.1 Å². The summed E-state index contributed by atoms with van der Waals surface area (Å²) in [5.74, 6) is 0. The lowest BCUT2D eigenvalue weighted by Gasteiger charge is -2.44. The van der Waals surface area contributed by atoms with Gasteiger partial charge in [-0.15, -0.1) is 0 Å². The fraction of sp³-hybridized carbons (Fsp3) is 1.00. The molecule has 1 atom stereocenters. The van der Waals surface area contributed by atoms with Gasteiger partial charge in [0, 0.05) is 12.1 Å². The molecule has 1 unspecified atom stereocenters. The van der Waals surface area contributed by atoms with Crippen LogP contribution in [-0.4, -0.2) is 18.2 Å². The third kappa shape index (κ3) is 1.96. The van der Waals surface area contributed by atoms with Crippen molar-refractivity contribution in [1.82, 2.24) is 0 Å². The summed E-state index contributed by atoms with van der Waals surface area (Å²) in [6.45, 7) is 5.62. The zero-order valence-corrected chi connectivity index (χ0v) is 9.51. The van der Waals surface area contributed by atoms with Crippen LogP contribution >= 0.6 is 0 Å². The second-order valence-corrected chi connectivity index (χ2v) is 5.90. The lowest BCUT2D eigenvalue weighted by Crippen LogP contribution is -2.53.